The van der Waals surface area contributed by atoms with E-state index >= 15 is 0 Å². The minimum atomic E-state index is -1.01. The van der Waals surface area contributed by atoms with Crippen molar-refractivity contribution < 1.29 is 14.7 Å². The van der Waals surface area contributed by atoms with Gasteiger partial charge in [0.25, 0.3) is 0 Å². The maximum absolute atomic E-state index is 11.9. The number of thioether (sulfide) groups is 1. The van der Waals surface area contributed by atoms with Gasteiger partial charge in [0.2, 0.25) is 5.91 Å². The second kappa shape index (κ2) is 5.75. The number of aromatic carboxylic acids is 1. The normalized spacial score (nSPS) is 18.6. The summed E-state index contributed by atoms with van der Waals surface area (Å²) in [6.45, 7) is 0. The Morgan fingerprint density at radius 1 is 1.39 bits per heavy atom. The van der Waals surface area contributed by atoms with E-state index in [0.717, 1.165) is 18.6 Å². The van der Waals surface area contributed by atoms with Crippen LogP contribution in [0.15, 0.2) is 22.7 Å². The summed E-state index contributed by atoms with van der Waals surface area (Å²) >= 11 is 4.88. The van der Waals surface area contributed by atoms with Crippen LogP contribution in [0.4, 0.5) is 5.69 Å². The van der Waals surface area contributed by atoms with Crippen molar-refractivity contribution in [2.75, 3.05) is 11.1 Å². The summed E-state index contributed by atoms with van der Waals surface area (Å²) in [6.07, 6.45) is 1.94. The fourth-order valence-electron chi connectivity index (χ4n) is 1.79. The predicted molar refractivity (Wildman–Crippen MR) is 75.2 cm³/mol. The summed E-state index contributed by atoms with van der Waals surface area (Å²) in [6, 6.07) is 4.66. The standard InChI is InChI=1S/C12H12BrNO3S/c13-8-4-7(12(16)17)5-9(6-8)14-11(15)10-2-1-3-18-10/h4-6,10H,1-3H2,(H,14,15)(H,16,17). The zero-order valence-electron chi connectivity index (χ0n) is 9.48. The highest BCUT2D eigenvalue weighted by atomic mass is 79.9. The van der Waals surface area contributed by atoms with Gasteiger partial charge in [-0.2, -0.15) is 0 Å². The summed E-state index contributed by atoms with van der Waals surface area (Å²) in [5, 5.41) is 11.7. The van der Waals surface area contributed by atoms with E-state index in [1.165, 1.54) is 12.1 Å². The van der Waals surface area contributed by atoms with Crippen molar-refractivity contribution >= 4 is 45.3 Å². The van der Waals surface area contributed by atoms with E-state index in [1.54, 1.807) is 17.8 Å². The van der Waals surface area contributed by atoms with Crippen molar-refractivity contribution in [1.82, 2.24) is 0 Å². The number of carboxylic acids is 1. The quantitative estimate of drug-likeness (QED) is 0.894. The van der Waals surface area contributed by atoms with Gasteiger partial charge in [0, 0.05) is 10.2 Å². The fraction of sp³-hybridized carbons (Fsp3) is 0.333. The van der Waals surface area contributed by atoms with Crippen molar-refractivity contribution in [3.8, 4) is 0 Å². The van der Waals surface area contributed by atoms with Crippen LogP contribution in [0.25, 0.3) is 0 Å². The molecule has 1 amide bonds. The van der Waals surface area contributed by atoms with E-state index in [1.807, 2.05) is 0 Å². The van der Waals surface area contributed by atoms with Crippen LogP contribution in [-0.2, 0) is 4.79 Å². The molecule has 1 heterocycles. The predicted octanol–water partition coefficient (Wildman–Crippen LogP) is 2.98. The van der Waals surface area contributed by atoms with E-state index in [0.29, 0.717) is 10.2 Å². The molecule has 0 bridgehead atoms. The van der Waals surface area contributed by atoms with Gasteiger partial charge < -0.3 is 10.4 Å². The number of carbonyl (C=O) groups is 2. The van der Waals surface area contributed by atoms with Gasteiger partial charge in [0.05, 0.1) is 10.8 Å². The first-order chi connectivity index (χ1) is 8.56. The molecule has 1 fully saturated rings. The summed E-state index contributed by atoms with van der Waals surface area (Å²) in [5.41, 5.74) is 0.665. The van der Waals surface area contributed by atoms with Crippen LogP contribution in [0.5, 0.6) is 0 Å². The Morgan fingerprint density at radius 3 is 2.78 bits per heavy atom. The molecule has 0 radical (unpaired) electrons. The summed E-state index contributed by atoms with van der Waals surface area (Å²) < 4.78 is 0.636. The minimum absolute atomic E-state index is 0.0164. The minimum Gasteiger partial charge on any atom is -0.478 e. The lowest BCUT2D eigenvalue weighted by Crippen LogP contribution is -2.23. The van der Waals surface area contributed by atoms with Crippen molar-refractivity contribution in [1.29, 1.82) is 0 Å². The lowest BCUT2D eigenvalue weighted by molar-refractivity contribution is -0.115. The molecule has 1 saturated heterocycles. The molecule has 6 heteroatoms. The van der Waals surface area contributed by atoms with E-state index in [-0.39, 0.29) is 16.7 Å². The number of benzene rings is 1. The third-order valence-electron chi connectivity index (χ3n) is 2.63. The highest BCUT2D eigenvalue weighted by molar-refractivity contribution is 9.10. The van der Waals surface area contributed by atoms with Gasteiger partial charge in [-0.15, -0.1) is 11.8 Å². The zero-order chi connectivity index (χ0) is 13.1. The van der Waals surface area contributed by atoms with Crippen molar-refractivity contribution in [2.24, 2.45) is 0 Å². The van der Waals surface area contributed by atoms with Crippen molar-refractivity contribution in [3.63, 3.8) is 0 Å². The van der Waals surface area contributed by atoms with Gasteiger partial charge in [-0.3, -0.25) is 4.79 Å². The van der Waals surface area contributed by atoms with Crippen LogP contribution in [0.3, 0.4) is 0 Å². The summed E-state index contributed by atoms with van der Waals surface area (Å²) in [7, 11) is 0. The van der Waals surface area contributed by atoms with Crippen molar-refractivity contribution in [3.05, 3.63) is 28.2 Å². The molecule has 1 atom stereocenters. The molecule has 1 aromatic carbocycles. The van der Waals surface area contributed by atoms with Gasteiger partial charge in [0.15, 0.2) is 0 Å². The number of carbonyl (C=O) groups excluding carboxylic acids is 1. The average Bonchev–Trinajstić information content (AvgIpc) is 2.81. The third-order valence-corrected chi connectivity index (χ3v) is 4.47. The first kappa shape index (κ1) is 13.4. The molecule has 0 saturated carbocycles. The molecule has 1 unspecified atom stereocenters. The number of rotatable bonds is 3. The molecule has 1 aromatic rings. The van der Waals surface area contributed by atoms with Gasteiger partial charge in [0.1, 0.15) is 0 Å². The zero-order valence-corrected chi connectivity index (χ0v) is 11.9. The monoisotopic (exact) mass is 329 g/mol. The topological polar surface area (TPSA) is 66.4 Å². The molecule has 2 N–H and O–H groups in total. The highest BCUT2D eigenvalue weighted by Crippen LogP contribution is 2.28. The maximum Gasteiger partial charge on any atom is 0.335 e. The molecule has 1 aliphatic heterocycles. The number of amides is 1. The largest absolute Gasteiger partial charge is 0.478 e. The number of hydrogen-bond donors (Lipinski definition) is 2. The molecule has 2 rings (SSSR count). The van der Waals surface area contributed by atoms with E-state index in [4.69, 9.17) is 5.11 Å². The highest BCUT2D eigenvalue weighted by Gasteiger charge is 2.23. The second-order valence-corrected chi connectivity index (χ2v) is 6.25. The fourth-order valence-corrected chi connectivity index (χ4v) is 3.45. The SMILES string of the molecule is O=C(O)c1cc(Br)cc(NC(=O)C2CCCS2)c1. The Balaban J connectivity index is 2.13. The number of halogens is 1. The molecule has 1 aliphatic rings. The van der Waals surface area contributed by atoms with E-state index in [2.05, 4.69) is 21.2 Å². The molecule has 4 nitrogen and oxygen atoms in total. The van der Waals surface area contributed by atoms with Gasteiger partial charge in [-0.1, -0.05) is 15.9 Å². The molecular formula is C12H12BrNO3S. The van der Waals surface area contributed by atoms with Crippen LogP contribution in [0, 0.1) is 0 Å². The second-order valence-electron chi connectivity index (χ2n) is 4.02. The molecule has 0 spiro atoms. The van der Waals surface area contributed by atoms with Crippen LogP contribution >= 0.6 is 27.7 Å². The van der Waals surface area contributed by atoms with Gasteiger partial charge in [-0.25, -0.2) is 4.79 Å². The first-order valence-corrected chi connectivity index (χ1v) is 7.37. The van der Waals surface area contributed by atoms with Gasteiger partial charge in [-0.05, 0) is 36.8 Å². The number of anilines is 1. The van der Waals surface area contributed by atoms with Crippen LogP contribution in [0.2, 0.25) is 0 Å². The molecular weight excluding hydrogens is 318 g/mol. The van der Waals surface area contributed by atoms with Crippen LogP contribution in [-0.4, -0.2) is 28.0 Å². The first-order valence-electron chi connectivity index (χ1n) is 5.52. The molecule has 0 aliphatic carbocycles. The van der Waals surface area contributed by atoms with Crippen molar-refractivity contribution in [2.45, 2.75) is 18.1 Å². The Kier molecular flexibility index (Phi) is 4.29. The molecule has 96 valence electrons. The van der Waals surface area contributed by atoms with E-state index in [9.17, 15) is 9.59 Å². The number of carboxylic acid groups (broad SMARTS) is 1. The molecule has 0 aromatic heterocycles. The van der Waals surface area contributed by atoms with Crippen LogP contribution in [0.1, 0.15) is 23.2 Å². The Labute approximate surface area is 117 Å². The maximum atomic E-state index is 11.9. The van der Waals surface area contributed by atoms with Crippen LogP contribution < -0.4 is 5.32 Å². The average molecular weight is 330 g/mol. The Hall–Kier alpha value is -1.01. The Morgan fingerprint density at radius 2 is 2.17 bits per heavy atom. The number of nitrogens with one attached hydrogen (secondary N) is 1. The van der Waals surface area contributed by atoms with Gasteiger partial charge >= 0.3 is 5.97 Å². The lowest BCUT2D eigenvalue weighted by atomic mass is 10.2. The molecule has 18 heavy (non-hydrogen) atoms. The van der Waals surface area contributed by atoms with E-state index < -0.39 is 5.97 Å². The summed E-state index contributed by atoms with van der Waals surface area (Å²) in [4.78, 5) is 22.8. The number of hydrogen-bond acceptors (Lipinski definition) is 3. The lowest BCUT2D eigenvalue weighted by Gasteiger charge is -2.10. The Bertz CT molecular complexity index is 486. The third kappa shape index (κ3) is 3.26. The smallest absolute Gasteiger partial charge is 0.335 e. The summed E-state index contributed by atoms with van der Waals surface area (Å²) in [5.74, 6) is -0.0503.